The maximum Gasteiger partial charge on any atom is 0.416 e. The Hall–Kier alpha value is -2.08. The molecule has 1 aliphatic heterocycles. The number of halogens is 3. The van der Waals surface area contributed by atoms with Crippen molar-refractivity contribution in [3.8, 4) is 0 Å². The molecule has 0 radical (unpaired) electrons. The summed E-state index contributed by atoms with van der Waals surface area (Å²) in [5.41, 5.74) is 0.723. The van der Waals surface area contributed by atoms with E-state index in [4.69, 9.17) is 4.74 Å². The van der Waals surface area contributed by atoms with Crippen LogP contribution in [-0.4, -0.2) is 48.1 Å². The van der Waals surface area contributed by atoms with Gasteiger partial charge in [-0.2, -0.15) is 17.5 Å². The molecule has 11 heteroatoms. The van der Waals surface area contributed by atoms with Crippen LogP contribution in [0, 0.1) is 0 Å². The van der Waals surface area contributed by atoms with Crippen molar-refractivity contribution in [3.05, 3.63) is 53.6 Å². The zero-order chi connectivity index (χ0) is 25.2. The number of ether oxygens (including phenoxy) is 1. The van der Waals surface area contributed by atoms with E-state index in [9.17, 15) is 21.6 Å². The number of fused-ring (bicyclic) bond motifs is 1. The standard InChI is InChI=1S/C24H28F3N3O3S2/c1-3-29(4-2)35(31,32)19-11-12-22-21(14-19)28-23(30(22)15-18-9-7-13-33-18)34-16-17-8-5-6-10-20(17)24(25,26)27/h5-6,8,10-12,14,18H,3-4,7,9,13,15-16H2,1-2H3/t18-/m0/s1. The molecule has 2 aromatic carbocycles. The molecule has 3 aromatic rings. The van der Waals surface area contributed by atoms with E-state index >= 15 is 0 Å². The van der Waals surface area contributed by atoms with Gasteiger partial charge in [0.2, 0.25) is 10.0 Å². The number of hydrogen-bond donors (Lipinski definition) is 0. The highest BCUT2D eigenvalue weighted by Gasteiger charge is 2.33. The van der Waals surface area contributed by atoms with Crippen LogP contribution in [0.1, 0.15) is 37.8 Å². The van der Waals surface area contributed by atoms with Crippen molar-refractivity contribution in [2.24, 2.45) is 0 Å². The Labute approximate surface area is 207 Å². The Balaban J connectivity index is 1.71. The first-order valence-corrected chi connectivity index (χ1v) is 14.0. The van der Waals surface area contributed by atoms with Crippen molar-refractivity contribution < 1.29 is 26.3 Å². The van der Waals surface area contributed by atoms with Crippen molar-refractivity contribution in [2.75, 3.05) is 19.7 Å². The summed E-state index contributed by atoms with van der Waals surface area (Å²) in [6.07, 6.45) is -2.63. The second-order valence-corrected chi connectivity index (χ2v) is 11.2. The molecular formula is C24H28F3N3O3S2. The van der Waals surface area contributed by atoms with Gasteiger partial charge in [0.1, 0.15) is 0 Å². The van der Waals surface area contributed by atoms with E-state index in [1.807, 2.05) is 4.57 Å². The van der Waals surface area contributed by atoms with Crippen molar-refractivity contribution in [2.45, 2.75) is 61.3 Å². The highest BCUT2D eigenvalue weighted by Crippen LogP contribution is 2.36. The Kier molecular flexibility index (Phi) is 7.80. The monoisotopic (exact) mass is 527 g/mol. The van der Waals surface area contributed by atoms with Crippen LogP contribution in [0.15, 0.2) is 52.5 Å². The summed E-state index contributed by atoms with van der Waals surface area (Å²) in [6.45, 7) is 5.44. The van der Waals surface area contributed by atoms with Crippen LogP contribution >= 0.6 is 11.8 Å². The molecule has 4 rings (SSSR count). The van der Waals surface area contributed by atoms with Gasteiger partial charge < -0.3 is 9.30 Å². The van der Waals surface area contributed by atoms with Gasteiger partial charge in [-0.3, -0.25) is 0 Å². The van der Waals surface area contributed by atoms with Gasteiger partial charge in [-0.25, -0.2) is 13.4 Å². The van der Waals surface area contributed by atoms with Gasteiger partial charge >= 0.3 is 6.18 Å². The maximum atomic E-state index is 13.5. The van der Waals surface area contributed by atoms with Crippen LogP contribution in [0.5, 0.6) is 0 Å². The molecule has 1 aliphatic rings. The first-order valence-electron chi connectivity index (χ1n) is 11.5. The van der Waals surface area contributed by atoms with E-state index < -0.39 is 21.8 Å². The lowest BCUT2D eigenvalue weighted by Crippen LogP contribution is -2.30. The molecule has 1 atom stereocenters. The quantitative estimate of drug-likeness (QED) is 0.341. The number of alkyl halides is 3. The maximum absolute atomic E-state index is 13.5. The second-order valence-electron chi connectivity index (χ2n) is 8.32. The number of aromatic nitrogens is 2. The minimum atomic E-state index is -4.44. The lowest BCUT2D eigenvalue weighted by atomic mass is 10.1. The Morgan fingerprint density at radius 3 is 2.57 bits per heavy atom. The molecule has 2 heterocycles. The van der Waals surface area contributed by atoms with Gasteiger partial charge in [0.25, 0.3) is 0 Å². The van der Waals surface area contributed by atoms with E-state index in [2.05, 4.69) is 4.98 Å². The third-order valence-electron chi connectivity index (χ3n) is 6.12. The van der Waals surface area contributed by atoms with Gasteiger partial charge in [0.05, 0.1) is 34.1 Å². The zero-order valence-electron chi connectivity index (χ0n) is 19.6. The lowest BCUT2D eigenvalue weighted by molar-refractivity contribution is -0.138. The average Bonchev–Trinajstić information content (AvgIpc) is 3.46. The molecule has 190 valence electrons. The first kappa shape index (κ1) is 26.0. The molecule has 1 fully saturated rings. The molecule has 0 spiro atoms. The van der Waals surface area contributed by atoms with E-state index in [0.29, 0.717) is 36.9 Å². The summed E-state index contributed by atoms with van der Waals surface area (Å²) in [6, 6.07) is 10.3. The number of nitrogens with zero attached hydrogens (tertiary/aromatic N) is 3. The topological polar surface area (TPSA) is 64.4 Å². The summed E-state index contributed by atoms with van der Waals surface area (Å²) < 4.78 is 75.5. The fraction of sp³-hybridized carbons (Fsp3) is 0.458. The van der Waals surface area contributed by atoms with Gasteiger partial charge in [-0.15, -0.1) is 0 Å². The lowest BCUT2D eigenvalue weighted by Gasteiger charge is -2.18. The molecule has 0 saturated carbocycles. The minimum Gasteiger partial charge on any atom is -0.376 e. The first-order chi connectivity index (χ1) is 16.6. The van der Waals surface area contributed by atoms with Gasteiger partial charge in [0.15, 0.2) is 5.16 Å². The average molecular weight is 528 g/mol. The highest BCUT2D eigenvalue weighted by molar-refractivity contribution is 7.98. The van der Waals surface area contributed by atoms with Crippen LogP contribution in [0.4, 0.5) is 13.2 Å². The van der Waals surface area contributed by atoms with Crippen LogP contribution in [0.25, 0.3) is 11.0 Å². The predicted octanol–water partition coefficient (Wildman–Crippen LogP) is 5.56. The molecule has 1 saturated heterocycles. The van der Waals surface area contributed by atoms with Crippen molar-refractivity contribution in [3.63, 3.8) is 0 Å². The van der Waals surface area contributed by atoms with Crippen molar-refractivity contribution in [1.29, 1.82) is 0 Å². The molecule has 0 N–H and O–H groups in total. The molecule has 1 aromatic heterocycles. The zero-order valence-corrected chi connectivity index (χ0v) is 21.2. The molecule has 6 nitrogen and oxygen atoms in total. The van der Waals surface area contributed by atoms with E-state index in [0.717, 1.165) is 24.4 Å². The van der Waals surface area contributed by atoms with E-state index in [-0.39, 0.29) is 22.3 Å². The van der Waals surface area contributed by atoms with Crippen LogP contribution in [-0.2, 0) is 33.2 Å². The normalized spacial score (nSPS) is 17.0. The van der Waals surface area contributed by atoms with Crippen molar-refractivity contribution >= 4 is 32.8 Å². The van der Waals surface area contributed by atoms with Crippen LogP contribution in [0.3, 0.4) is 0 Å². The number of imidazole rings is 1. The van der Waals surface area contributed by atoms with Crippen molar-refractivity contribution in [1.82, 2.24) is 13.9 Å². The van der Waals surface area contributed by atoms with Crippen LogP contribution in [0.2, 0.25) is 0 Å². The fourth-order valence-corrected chi connectivity index (χ4v) is 6.81. The highest BCUT2D eigenvalue weighted by atomic mass is 32.2. The number of sulfonamides is 1. The molecule has 0 aliphatic carbocycles. The Morgan fingerprint density at radius 2 is 1.91 bits per heavy atom. The SMILES string of the molecule is CCN(CC)S(=O)(=O)c1ccc2c(c1)nc(SCc1ccccc1C(F)(F)F)n2C[C@@H]1CCCO1. The smallest absolute Gasteiger partial charge is 0.376 e. The Bertz CT molecular complexity index is 1280. The molecule has 0 amide bonds. The summed E-state index contributed by atoms with van der Waals surface area (Å²) in [5.74, 6) is 0.0785. The summed E-state index contributed by atoms with van der Waals surface area (Å²) >= 11 is 1.20. The largest absolute Gasteiger partial charge is 0.416 e. The Morgan fingerprint density at radius 1 is 1.17 bits per heavy atom. The number of hydrogen-bond acceptors (Lipinski definition) is 5. The molecular weight excluding hydrogens is 499 g/mol. The van der Waals surface area contributed by atoms with E-state index in [1.165, 1.54) is 28.2 Å². The summed E-state index contributed by atoms with van der Waals surface area (Å²) in [7, 11) is -3.67. The molecule has 35 heavy (non-hydrogen) atoms. The summed E-state index contributed by atoms with van der Waals surface area (Å²) in [5, 5.41) is 0.532. The number of rotatable bonds is 9. The number of thioether (sulfide) groups is 1. The van der Waals surface area contributed by atoms with Gasteiger partial charge in [-0.05, 0) is 42.7 Å². The van der Waals surface area contributed by atoms with Gasteiger partial charge in [0, 0.05) is 25.4 Å². The predicted molar refractivity (Wildman–Crippen MR) is 130 cm³/mol. The third-order valence-corrected chi connectivity index (χ3v) is 9.19. The molecule has 0 unspecified atom stereocenters. The second kappa shape index (κ2) is 10.5. The van der Waals surface area contributed by atoms with Gasteiger partial charge in [-0.1, -0.05) is 43.8 Å². The number of benzene rings is 2. The van der Waals surface area contributed by atoms with E-state index in [1.54, 1.807) is 38.1 Å². The minimum absolute atomic E-state index is 0.0201. The fourth-order valence-electron chi connectivity index (χ4n) is 4.30. The van der Waals surface area contributed by atoms with Crippen LogP contribution < -0.4 is 0 Å². The summed E-state index contributed by atoms with van der Waals surface area (Å²) in [4.78, 5) is 4.80. The third kappa shape index (κ3) is 5.52. The molecule has 0 bridgehead atoms.